The first-order valence-corrected chi connectivity index (χ1v) is 5.07. The molecule has 1 fully saturated rings. The van der Waals surface area contributed by atoms with Crippen LogP contribution in [0.15, 0.2) is 24.3 Å². The summed E-state index contributed by atoms with van der Waals surface area (Å²) in [6.45, 7) is 1.38. The molecule has 1 aromatic rings. The smallest absolute Gasteiger partial charge is 0.127 e. The lowest BCUT2D eigenvalue weighted by Crippen LogP contribution is -2.46. The predicted molar refractivity (Wildman–Crippen MR) is 54.3 cm³/mol. The molecule has 0 radical (unpaired) electrons. The van der Waals surface area contributed by atoms with Crippen LogP contribution >= 0.6 is 0 Å². The van der Waals surface area contributed by atoms with Gasteiger partial charge in [-0.25, -0.2) is 4.39 Å². The van der Waals surface area contributed by atoms with Crippen LogP contribution in [0.5, 0.6) is 5.75 Å². The monoisotopic (exact) mass is 211 g/mol. The minimum absolute atomic E-state index is 0.197. The van der Waals surface area contributed by atoms with Crippen molar-refractivity contribution in [1.82, 2.24) is 5.32 Å². The van der Waals surface area contributed by atoms with Crippen molar-refractivity contribution in [2.75, 3.05) is 13.1 Å². The quantitative estimate of drug-likeness (QED) is 0.764. The molecular formula is C11H14FNO2. The second-order valence-corrected chi connectivity index (χ2v) is 3.67. The minimum atomic E-state index is -0.496. The lowest BCUT2D eigenvalue weighted by atomic mass is 10.1. The number of halogens is 1. The summed E-state index contributed by atoms with van der Waals surface area (Å²) in [6.07, 6.45) is 0.0685. The van der Waals surface area contributed by atoms with Crippen LogP contribution < -0.4 is 10.1 Å². The Labute approximate surface area is 87.9 Å². The van der Waals surface area contributed by atoms with Gasteiger partial charge in [0.25, 0.3) is 0 Å². The van der Waals surface area contributed by atoms with Gasteiger partial charge in [0, 0.05) is 6.54 Å². The van der Waals surface area contributed by atoms with Gasteiger partial charge in [0.2, 0.25) is 0 Å². The number of hydrogen-bond acceptors (Lipinski definition) is 3. The van der Waals surface area contributed by atoms with Crippen LogP contribution in [0, 0.1) is 5.82 Å². The Morgan fingerprint density at radius 2 is 2.07 bits per heavy atom. The number of ether oxygens (including phenoxy) is 1. The SMILES string of the molecule is O[C@@H]1CNCC[C@H]1Oc1ccc(F)cc1. The second kappa shape index (κ2) is 4.59. The molecule has 0 spiro atoms. The van der Waals surface area contributed by atoms with E-state index in [-0.39, 0.29) is 11.9 Å². The lowest BCUT2D eigenvalue weighted by molar-refractivity contribution is 0.0162. The highest BCUT2D eigenvalue weighted by molar-refractivity contribution is 5.22. The second-order valence-electron chi connectivity index (χ2n) is 3.67. The maximum atomic E-state index is 12.6. The molecule has 1 heterocycles. The molecule has 0 aromatic heterocycles. The summed E-state index contributed by atoms with van der Waals surface area (Å²) in [5.74, 6) is 0.315. The van der Waals surface area contributed by atoms with Gasteiger partial charge in [-0.05, 0) is 37.2 Å². The number of aliphatic hydroxyl groups excluding tert-OH is 1. The maximum absolute atomic E-state index is 12.6. The number of benzene rings is 1. The predicted octanol–water partition coefficient (Wildman–Crippen LogP) is 0.927. The molecule has 1 aromatic carbocycles. The summed E-state index contributed by atoms with van der Waals surface area (Å²) >= 11 is 0. The fourth-order valence-electron chi connectivity index (χ4n) is 1.64. The van der Waals surface area contributed by atoms with E-state index in [2.05, 4.69) is 5.32 Å². The highest BCUT2D eigenvalue weighted by Gasteiger charge is 2.24. The summed E-state index contributed by atoms with van der Waals surface area (Å²) in [6, 6.07) is 5.85. The molecule has 0 amide bonds. The highest BCUT2D eigenvalue weighted by atomic mass is 19.1. The summed E-state index contributed by atoms with van der Waals surface area (Å²) in [7, 11) is 0. The maximum Gasteiger partial charge on any atom is 0.127 e. The van der Waals surface area contributed by atoms with Gasteiger partial charge in [0.15, 0.2) is 0 Å². The summed E-state index contributed by atoms with van der Waals surface area (Å²) in [5.41, 5.74) is 0. The summed E-state index contributed by atoms with van der Waals surface area (Å²) < 4.78 is 18.2. The van der Waals surface area contributed by atoms with Crippen molar-refractivity contribution in [3.63, 3.8) is 0 Å². The van der Waals surface area contributed by atoms with E-state index in [1.165, 1.54) is 12.1 Å². The first kappa shape index (κ1) is 10.4. The van der Waals surface area contributed by atoms with E-state index in [0.717, 1.165) is 13.0 Å². The van der Waals surface area contributed by atoms with E-state index in [0.29, 0.717) is 12.3 Å². The van der Waals surface area contributed by atoms with Gasteiger partial charge in [0.05, 0.1) is 0 Å². The average Bonchev–Trinajstić information content (AvgIpc) is 2.25. The number of aliphatic hydroxyl groups is 1. The van der Waals surface area contributed by atoms with Gasteiger partial charge >= 0.3 is 0 Å². The first-order valence-electron chi connectivity index (χ1n) is 5.07. The molecule has 1 aliphatic rings. The molecule has 4 heteroatoms. The van der Waals surface area contributed by atoms with Gasteiger partial charge in [-0.1, -0.05) is 0 Å². The molecule has 2 rings (SSSR count). The molecule has 2 N–H and O–H groups in total. The molecule has 0 bridgehead atoms. The third-order valence-electron chi connectivity index (χ3n) is 2.49. The third kappa shape index (κ3) is 2.67. The summed E-state index contributed by atoms with van der Waals surface area (Å²) in [4.78, 5) is 0. The lowest BCUT2D eigenvalue weighted by Gasteiger charge is -2.28. The van der Waals surface area contributed by atoms with Crippen LogP contribution in [0.4, 0.5) is 4.39 Å². The Hall–Kier alpha value is -1.13. The van der Waals surface area contributed by atoms with E-state index < -0.39 is 6.10 Å². The van der Waals surface area contributed by atoms with Crippen LogP contribution in [0.25, 0.3) is 0 Å². The topological polar surface area (TPSA) is 41.5 Å². The Morgan fingerprint density at radius 3 is 2.73 bits per heavy atom. The number of nitrogens with one attached hydrogen (secondary N) is 1. The van der Waals surface area contributed by atoms with Crippen LogP contribution in [-0.2, 0) is 0 Å². The normalized spacial score (nSPS) is 26.3. The highest BCUT2D eigenvalue weighted by Crippen LogP contribution is 2.17. The molecule has 0 saturated carbocycles. The number of rotatable bonds is 2. The molecule has 15 heavy (non-hydrogen) atoms. The average molecular weight is 211 g/mol. The first-order chi connectivity index (χ1) is 7.25. The van der Waals surface area contributed by atoms with Crippen LogP contribution in [0.1, 0.15) is 6.42 Å². The van der Waals surface area contributed by atoms with E-state index in [9.17, 15) is 9.50 Å². The molecule has 0 unspecified atom stereocenters. The summed E-state index contributed by atoms with van der Waals surface area (Å²) in [5, 5.41) is 12.7. The molecule has 1 saturated heterocycles. The fraction of sp³-hybridized carbons (Fsp3) is 0.455. The van der Waals surface area contributed by atoms with Crippen molar-refractivity contribution < 1.29 is 14.2 Å². The zero-order valence-electron chi connectivity index (χ0n) is 8.32. The van der Waals surface area contributed by atoms with Crippen molar-refractivity contribution in [2.24, 2.45) is 0 Å². The van der Waals surface area contributed by atoms with Crippen molar-refractivity contribution in [3.8, 4) is 5.75 Å². The van der Waals surface area contributed by atoms with Crippen molar-refractivity contribution in [2.45, 2.75) is 18.6 Å². The molecule has 1 aliphatic heterocycles. The van der Waals surface area contributed by atoms with E-state index in [4.69, 9.17) is 4.74 Å². The fourth-order valence-corrected chi connectivity index (χ4v) is 1.64. The molecule has 3 nitrogen and oxygen atoms in total. The van der Waals surface area contributed by atoms with Gasteiger partial charge in [-0.2, -0.15) is 0 Å². The Balaban J connectivity index is 1.98. The Morgan fingerprint density at radius 1 is 1.33 bits per heavy atom. The third-order valence-corrected chi connectivity index (χ3v) is 2.49. The van der Waals surface area contributed by atoms with Crippen molar-refractivity contribution in [1.29, 1.82) is 0 Å². The molecule has 82 valence electrons. The largest absolute Gasteiger partial charge is 0.488 e. The number of β-amino-alcohol motifs (C(OH)–C–C–N with tert-alkyl or cyclic N) is 1. The van der Waals surface area contributed by atoms with Crippen molar-refractivity contribution >= 4 is 0 Å². The van der Waals surface area contributed by atoms with E-state index >= 15 is 0 Å². The van der Waals surface area contributed by atoms with Crippen molar-refractivity contribution in [3.05, 3.63) is 30.1 Å². The zero-order chi connectivity index (χ0) is 10.7. The number of hydrogen-bond donors (Lipinski definition) is 2. The van der Waals surface area contributed by atoms with E-state index in [1.807, 2.05) is 0 Å². The van der Waals surface area contributed by atoms with Gasteiger partial charge in [0.1, 0.15) is 23.8 Å². The Kier molecular flexibility index (Phi) is 3.18. The van der Waals surface area contributed by atoms with Crippen LogP contribution in [-0.4, -0.2) is 30.4 Å². The van der Waals surface area contributed by atoms with Gasteiger partial charge < -0.3 is 15.2 Å². The zero-order valence-corrected chi connectivity index (χ0v) is 8.32. The Bertz CT molecular complexity index is 315. The molecular weight excluding hydrogens is 197 g/mol. The molecule has 0 aliphatic carbocycles. The standard InChI is InChI=1S/C11H14FNO2/c12-8-1-3-9(4-2-8)15-11-5-6-13-7-10(11)14/h1-4,10-11,13-14H,5-7H2/t10-,11-/m1/s1. The number of piperidine rings is 1. The van der Waals surface area contributed by atoms with Crippen LogP contribution in [0.3, 0.4) is 0 Å². The van der Waals surface area contributed by atoms with Crippen LogP contribution in [0.2, 0.25) is 0 Å². The molecule has 2 atom stereocenters. The van der Waals surface area contributed by atoms with E-state index in [1.54, 1.807) is 12.1 Å². The van der Waals surface area contributed by atoms with Gasteiger partial charge in [-0.15, -0.1) is 0 Å². The van der Waals surface area contributed by atoms with Gasteiger partial charge in [-0.3, -0.25) is 0 Å². The minimum Gasteiger partial charge on any atom is -0.488 e.